The van der Waals surface area contributed by atoms with Gasteiger partial charge >= 0.3 is 5.97 Å². The number of carbonyl (C=O) groups is 1. The first-order valence-corrected chi connectivity index (χ1v) is 6.31. The maximum atomic E-state index is 11.2. The lowest BCUT2D eigenvalue weighted by atomic mass is 10.1. The molecule has 6 heteroatoms. The lowest BCUT2D eigenvalue weighted by molar-refractivity contribution is 0.0683. The topological polar surface area (TPSA) is 90.4 Å². The van der Waals surface area contributed by atoms with Gasteiger partial charge in [0, 0.05) is 12.1 Å². The van der Waals surface area contributed by atoms with Crippen LogP contribution >= 0.6 is 0 Å². The number of hydrogen-bond acceptors (Lipinski definition) is 4. The first-order chi connectivity index (χ1) is 9.56. The number of anilines is 1. The third-order valence-electron chi connectivity index (χ3n) is 2.96. The van der Waals surface area contributed by atoms with Crippen molar-refractivity contribution in [2.45, 2.75) is 19.9 Å². The number of ether oxygens (including phenoxy) is 1. The van der Waals surface area contributed by atoms with Crippen LogP contribution in [0.4, 0.5) is 5.69 Å². The molecule has 0 fully saturated rings. The van der Waals surface area contributed by atoms with Crippen LogP contribution in [-0.4, -0.2) is 28.0 Å². The molecule has 0 radical (unpaired) electrons. The Morgan fingerprint density at radius 2 is 2.20 bits per heavy atom. The van der Waals surface area contributed by atoms with E-state index in [0.29, 0.717) is 23.7 Å². The Morgan fingerprint density at radius 3 is 2.75 bits per heavy atom. The molecule has 6 nitrogen and oxygen atoms in total. The number of aryl methyl sites for hydroxylation is 1. The highest BCUT2D eigenvalue weighted by Gasteiger charge is 2.15. The van der Waals surface area contributed by atoms with Gasteiger partial charge in [0.05, 0.1) is 18.5 Å². The zero-order chi connectivity index (χ0) is 14.7. The Morgan fingerprint density at radius 1 is 1.45 bits per heavy atom. The average molecular weight is 275 g/mol. The summed E-state index contributed by atoms with van der Waals surface area (Å²) in [7, 11) is 1.55. The molecule has 0 saturated carbocycles. The van der Waals surface area contributed by atoms with Crippen molar-refractivity contribution in [1.82, 2.24) is 9.78 Å². The maximum absolute atomic E-state index is 11.2. The van der Waals surface area contributed by atoms with Gasteiger partial charge in [-0.15, -0.1) is 0 Å². The molecule has 0 aliphatic carbocycles. The number of rotatable bonds is 5. The number of nitrogens with zero attached hydrogens (tertiary/aromatic N) is 2. The molecule has 1 aromatic carbocycles. The zero-order valence-corrected chi connectivity index (χ0v) is 11.5. The van der Waals surface area contributed by atoms with E-state index < -0.39 is 5.97 Å². The lowest BCUT2D eigenvalue weighted by Gasteiger charge is -2.05. The molecule has 0 aliphatic heterocycles. The SMILES string of the molecule is CCCn1nc(-c2ccc(OC)c(N)c2)cc1C(=O)O. The largest absolute Gasteiger partial charge is 0.495 e. The third-order valence-corrected chi connectivity index (χ3v) is 2.96. The molecule has 2 rings (SSSR count). The summed E-state index contributed by atoms with van der Waals surface area (Å²) in [5.74, 6) is -0.404. The highest BCUT2D eigenvalue weighted by atomic mass is 16.5. The fraction of sp³-hybridized carbons (Fsp3) is 0.286. The summed E-state index contributed by atoms with van der Waals surface area (Å²) in [5, 5.41) is 13.5. The molecule has 2 aromatic rings. The molecule has 0 spiro atoms. The van der Waals surface area contributed by atoms with Crippen LogP contribution in [0.3, 0.4) is 0 Å². The summed E-state index contributed by atoms with van der Waals surface area (Å²) in [6.07, 6.45) is 0.812. The van der Waals surface area contributed by atoms with Gasteiger partial charge < -0.3 is 15.6 Å². The van der Waals surface area contributed by atoms with Crippen molar-refractivity contribution in [2.75, 3.05) is 12.8 Å². The third kappa shape index (κ3) is 2.59. The highest BCUT2D eigenvalue weighted by Crippen LogP contribution is 2.28. The van der Waals surface area contributed by atoms with Gasteiger partial charge in [-0.25, -0.2) is 4.79 Å². The summed E-state index contributed by atoms with van der Waals surface area (Å²) in [6.45, 7) is 2.53. The number of aromatic carboxylic acids is 1. The number of methoxy groups -OCH3 is 1. The molecular weight excluding hydrogens is 258 g/mol. The van der Waals surface area contributed by atoms with Crippen molar-refractivity contribution >= 4 is 11.7 Å². The van der Waals surface area contributed by atoms with Crippen molar-refractivity contribution < 1.29 is 14.6 Å². The predicted octanol–water partition coefficient (Wildman–Crippen LogP) is 2.25. The maximum Gasteiger partial charge on any atom is 0.354 e. The second-order valence-corrected chi connectivity index (χ2v) is 4.40. The first kappa shape index (κ1) is 13.9. The normalized spacial score (nSPS) is 10.5. The van der Waals surface area contributed by atoms with Gasteiger partial charge in [0.25, 0.3) is 0 Å². The highest BCUT2D eigenvalue weighted by molar-refractivity contribution is 5.87. The van der Waals surface area contributed by atoms with E-state index >= 15 is 0 Å². The Bertz CT molecular complexity index is 635. The van der Waals surface area contributed by atoms with Gasteiger partial charge in [-0.2, -0.15) is 5.10 Å². The minimum absolute atomic E-state index is 0.177. The van der Waals surface area contributed by atoms with E-state index in [2.05, 4.69) is 5.10 Å². The number of benzene rings is 1. The Balaban J connectivity index is 2.44. The van der Waals surface area contributed by atoms with Crippen molar-refractivity contribution in [2.24, 2.45) is 0 Å². The quantitative estimate of drug-likeness (QED) is 0.817. The van der Waals surface area contributed by atoms with Crippen LogP contribution in [0.15, 0.2) is 24.3 Å². The number of nitrogen functional groups attached to an aromatic ring is 1. The molecular formula is C14H17N3O3. The van der Waals surface area contributed by atoms with E-state index in [1.807, 2.05) is 6.92 Å². The molecule has 0 atom stereocenters. The van der Waals surface area contributed by atoms with Crippen molar-refractivity contribution in [3.63, 3.8) is 0 Å². The second-order valence-electron chi connectivity index (χ2n) is 4.40. The summed E-state index contributed by atoms with van der Waals surface area (Å²) >= 11 is 0. The van der Waals surface area contributed by atoms with Crippen LogP contribution in [-0.2, 0) is 6.54 Å². The fourth-order valence-corrected chi connectivity index (χ4v) is 2.01. The van der Waals surface area contributed by atoms with Crippen molar-refractivity contribution in [3.05, 3.63) is 30.0 Å². The van der Waals surface area contributed by atoms with E-state index in [1.54, 1.807) is 31.4 Å². The summed E-state index contributed by atoms with van der Waals surface area (Å²) in [6, 6.07) is 6.83. The van der Waals surface area contributed by atoms with Gasteiger partial charge in [0.1, 0.15) is 11.4 Å². The van der Waals surface area contributed by atoms with Gasteiger partial charge in [0.2, 0.25) is 0 Å². The number of hydrogen-bond donors (Lipinski definition) is 2. The van der Waals surface area contributed by atoms with E-state index in [9.17, 15) is 9.90 Å². The smallest absolute Gasteiger partial charge is 0.354 e. The van der Waals surface area contributed by atoms with Crippen LogP contribution in [0.1, 0.15) is 23.8 Å². The molecule has 3 N–H and O–H groups in total. The van der Waals surface area contributed by atoms with Gasteiger partial charge in [0.15, 0.2) is 0 Å². The Kier molecular flexibility index (Phi) is 3.93. The van der Waals surface area contributed by atoms with E-state index in [1.165, 1.54) is 4.68 Å². The number of carboxylic acids is 1. The molecule has 20 heavy (non-hydrogen) atoms. The predicted molar refractivity (Wildman–Crippen MR) is 75.9 cm³/mol. The number of nitrogens with two attached hydrogens (primary N) is 1. The van der Waals surface area contributed by atoms with Crippen LogP contribution in [0, 0.1) is 0 Å². The standard InChI is InChI=1S/C14H17N3O3/c1-3-6-17-12(14(18)19)8-11(16-17)9-4-5-13(20-2)10(15)7-9/h4-5,7-8H,3,6,15H2,1-2H3,(H,18,19). The van der Waals surface area contributed by atoms with Crippen molar-refractivity contribution in [1.29, 1.82) is 0 Å². The lowest BCUT2D eigenvalue weighted by Crippen LogP contribution is -2.09. The van der Waals surface area contributed by atoms with E-state index in [0.717, 1.165) is 12.0 Å². The molecule has 106 valence electrons. The minimum atomic E-state index is -0.987. The molecule has 0 unspecified atom stereocenters. The van der Waals surface area contributed by atoms with E-state index in [4.69, 9.17) is 10.5 Å². The van der Waals surface area contributed by atoms with Crippen LogP contribution in [0.25, 0.3) is 11.3 Å². The summed E-state index contributed by atoms with van der Waals surface area (Å²) in [4.78, 5) is 11.2. The number of aromatic nitrogens is 2. The van der Waals surface area contributed by atoms with Gasteiger partial charge in [-0.3, -0.25) is 4.68 Å². The fourth-order valence-electron chi connectivity index (χ4n) is 2.01. The monoisotopic (exact) mass is 275 g/mol. The first-order valence-electron chi connectivity index (χ1n) is 6.31. The van der Waals surface area contributed by atoms with Crippen LogP contribution in [0.2, 0.25) is 0 Å². The second kappa shape index (κ2) is 5.64. The summed E-state index contributed by atoms with van der Waals surface area (Å²) < 4.78 is 6.59. The van der Waals surface area contributed by atoms with Crippen molar-refractivity contribution in [3.8, 4) is 17.0 Å². The molecule has 0 saturated heterocycles. The van der Waals surface area contributed by atoms with Gasteiger partial charge in [-0.1, -0.05) is 6.92 Å². The summed E-state index contributed by atoms with van der Waals surface area (Å²) in [5.41, 5.74) is 7.88. The van der Waals surface area contributed by atoms with Gasteiger partial charge in [-0.05, 0) is 30.7 Å². The number of carboxylic acid groups (broad SMARTS) is 1. The Hall–Kier alpha value is -2.50. The molecule has 0 amide bonds. The molecule has 1 heterocycles. The zero-order valence-electron chi connectivity index (χ0n) is 11.5. The minimum Gasteiger partial charge on any atom is -0.495 e. The molecule has 0 aliphatic rings. The average Bonchev–Trinajstić information content (AvgIpc) is 2.83. The van der Waals surface area contributed by atoms with E-state index in [-0.39, 0.29) is 5.69 Å². The Labute approximate surface area is 116 Å². The van der Waals surface area contributed by atoms with Crippen LogP contribution in [0.5, 0.6) is 5.75 Å². The molecule has 1 aromatic heterocycles. The van der Waals surface area contributed by atoms with Crippen LogP contribution < -0.4 is 10.5 Å². The molecule has 0 bridgehead atoms.